The summed E-state index contributed by atoms with van der Waals surface area (Å²) in [6.45, 7) is 0. The molecule has 0 radical (unpaired) electrons. The lowest BCUT2D eigenvalue weighted by Gasteiger charge is -2.12. The Morgan fingerprint density at radius 1 is 0.490 bits per heavy atom. The molecule has 51 heavy (non-hydrogen) atoms. The number of hydrogen-bond acceptors (Lipinski definition) is 4. The lowest BCUT2D eigenvalue weighted by Crippen LogP contribution is -1.97. The van der Waals surface area contributed by atoms with Gasteiger partial charge in [-0.15, -0.1) is 11.3 Å². The van der Waals surface area contributed by atoms with Crippen molar-refractivity contribution in [1.82, 2.24) is 14.5 Å². The Morgan fingerprint density at radius 2 is 1.10 bits per heavy atom. The zero-order chi connectivity index (χ0) is 33.5. The maximum Gasteiger partial charge on any atom is 0.160 e. The molecule has 0 amide bonds. The number of rotatable bonds is 4. The van der Waals surface area contributed by atoms with Gasteiger partial charge in [0.15, 0.2) is 5.82 Å². The van der Waals surface area contributed by atoms with E-state index in [1.54, 1.807) is 0 Å². The minimum absolute atomic E-state index is 0.694. The number of hydrogen-bond donors (Lipinski definition) is 0. The summed E-state index contributed by atoms with van der Waals surface area (Å²) >= 11 is 1.85. The van der Waals surface area contributed by atoms with E-state index in [-0.39, 0.29) is 0 Å². The first kappa shape index (κ1) is 28.3. The molecule has 4 heterocycles. The maximum atomic E-state index is 6.78. The van der Waals surface area contributed by atoms with Gasteiger partial charge in [-0.1, -0.05) is 115 Å². The van der Waals surface area contributed by atoms with Gasteiger partial charge in [-0.25, -0.2) is 9.97 Å². The third-order valence-electron chi connectivity index (χ3n) is 10.0. The molecule has 11 aromatic rings. The second kappa shape index (κ2) is 11.0. The van der Waals surface area contributed by atoms with Gasteiger partial charge < -0.3 is 8.98 Å². The van der Waals surface area contributed by atoms with Gasteiger partial charge in [-0.3, -0.25) is 0 Å². The van der Waals surface area contributed by atoms with Crippen LogP contribution in [0.5, 0.6) is 0 Å². The molecule has 0 fully saturated rings. The van der Waals surface area contributed by atoms with Crippen LogP contribution in [0.15, 0.2) is 168 Å². The molecule has 0 aliphatic heterocycles. The van der Waals surface area contributed by atoms with Crippen LogP contribution >= 0.6 is 11.3 Å². The molecule has 7 aromatic carbocycles. The van der Waals surface area contributed by atoms with Crippen molar-refractivity contribution in [2.45, 2.75) is 0 Å². The van der Waals surface area contributed by atoms with E-state index in [0.29, 0.717) is 5.82 Å². The molecular weight excluding hydrogens is 643 g/mol. The van der Waals surface area contributed by atoms with Crippen LogP contribution in [0.1, 0.15) is 0 Å². The molecule has 5 heteroatoms. The Kier molecular flexibility index (Phi) is 6.09. The molecule has 0 bridgehead atoms. The first-order valence-corrected chi connectivity index (χ1v) is 17.9. The van der Waals surface area contributed by atoms with Crippen molar-refractivity contribution >= 4 is 75.3 Å². The van der Waals surface area contributed by atoms with E-state index in [4.69, 9.17) is 14.4 Å². The van der Waals surface area contributed by atoms with E-state index >= 15 is 0 Å². The molecule has 0 saturated heterocycles. The van der Waals surface area contributed by atoms with Crippen molar-refractivity contribution in [3.05, 3.63) is 164 Å². The quantitative estimate of drug-likeness (QED) is 0.187. The second-order valence-corrected chi connectivity index (χ2v) is 14.0. The standard InChI is InChI=1S/C46H27N3OS/c1-3-13-28(14-4-1)35-27-36(29-15-5-2-6-16-29)48-46(47-35)30-23-25-31(26-24-30)49-37-20-10-7-17-32(37)40-43(49)41-34-19-9-12-22-39(34)51-45(41)42-33-18-8-11-21-38(33)50-44(40)42/h1-27H. The van der Waals surface area contributed by atoms with Gasteiger partial charge in [0.2, 0.25) is 0 Å². The van der Waals surface area contributed by atoms with E-state index in [1.807, 2.05) is 47.7 Å². The van der Waals surface area contributed by atoms with Gasteiger partial charge in [0.1, 0.15) is 11.2 Å². The Morgan fingerprint density at radius 3 is 1.82 bits per heavy atom. The predicted octanol–water partition coefficient (Wildman–Crippen LogP) is 12.8. The van der Waals surface area contributed by atoms with Crippen LogP contribution in [0.3, 0.4) is 0 Å². The molecule has 0 atom stereocenters. The molecule has 4 aromatic heterocycles. The number of furan rings is 1. The van der Waals surface area contributed by atoms with Crippen LogP contribution in [0.2, 0.25) is 0 Å². The highest BCUT2D eigenvalue weighted by molar-refractivity contribution is 7.27. The van der Waals surface area contributed by atoms with Crippen LogP contribution in [-0.4, -0.2) is 14.5 Å². The fourth-order valence-corrected chi connectivity index (χ4v) is 8.99. The van der Waals surface area contributed by atoms with Crippen LogP contribution in [0.25, 0.3) is 104 Å². The number of thiophene rings is 1. The first-order chi connectivity index (χ1) is 25.3. The highest BCUT2D eigenvalue weighted by atomic mass is 32.1. The van der Waals surface area contributed by atoms with Crippen molar-refractivity contribution in [2.24, 2.45) is 0 Å². The maximum absolute atomic E-state index is 6.78. The zero-order valence-electron chi connectivity index (χ0n) is 27.2. The van der Waals surface area contributed by atoms with Gasteiger partial charge in [0.05, 0.1) is 27.8 Å². The smallest absolute Gasteiger partial charge is 0.160 e. The fourth-order valence-electron chi connectivity index (χ4n) is 7.73. The van der Waals surface area contributed by atoms with Gasteiger partial charge in [0.25, 0.3) is 0 Å². The first-order valence-electron chi connectivity index (χ1n) is 17.1. The topological polar surface area (TPSA) is 43.9 Å². The van der Waals surface area contributed by atoms with E-state index in [9.17, 15) is 0 Å². The molecule has 0 N–H and O–H groups in total. The summed E-state index contributed by atoms with van der Waals surface area (Å²) in [7, 11) is 0. The van der Waals surface area contributed by atoms with Crippen LogP contribution in [0, 0.1) is 0 Å². The van der Waals surface area contributed by atoms with Gasteiger partial charge in [-0.2, -0.15) is 0 Å². The molecule has 0 aliphatic rings. The Hall–Kier alpha value is -6.56. The summed E-state index contributed by atoms with van der Waals surface area (Å²) < 4.78 is 11.7. The summed E-state index contributed by atoms with van der Waals surface area (Å²) in [6.07, 6.45) is 0. The van der Waals surface area contributed by atoms with E-state index in [0.717, 1.165) is 66.7 Å². The average molecular weight is 670 g/mol. The number of benzene rings is 7. The number of aromatic nitrogens is 3. The van der Waals surface area contributed by atoms with Crippen molar-refractivity contribution < 1.29 is 4.42 Å². The molecule has 11 rings (SSSR count). The molecule has 0 unspecified atom stereocenters. The molecule has 238 valence electrons. The third kappa shape index (κ3) is 4.25. The van der Waals surface area contributed by atoms with Crippen LogP contribution < -0.4 is 0 Å². The Balaban J connectivity index is 1.18. The minimum atomic E-state index is 0.694. The lowest BCUT2D eigenvalue weighted by molar-refractivity contribution is 0.673. The predicted molar refractivity (Wildman–Crippen MR) is 213 cm³/mol. The van der Waals surface area contributed by atoms with Crippen molar-refractivity contribution in [3.63, 3.8) is 0 Å². The van der Waals surface area contributed by atoms with Crippen LogP contribution in [0.4, 0.5) is 0 Å². The van der Waals surface area contributed by atoms with Crippen molar-refractivity contribution in [3.8, 4) is 39.6 Å². The highest BCUT2D eigenvalue weighted by Gasteiger charge is 2.25. The zero-order valence-corrected chi connectivity index (χ0v) is 28.1. The monoisotopic (exact) mass is 669 g/mol. The van der Waals surface area contributed by atoms with E-state index in [2.05, 4.69) is 132 Å². The number of para-hydroxylation sites is 2. The Bertz CT molecular complexity index is 3030. The molecule has 0 spiro atoms. The summed E-state index contributed by atoms with van der Waals surface area (Å²) in [5.74, 6) is 0.694. The summed E-state index contributed by atoms with van der Waals surface area (Å²) in [4.78, 5) is 10.2. The van der Waals surface area contributed by atoms with Gasteiger partial charge in [-0.05, 0) is 48.5 Å². The van der Waals surface area contributed by atoms with Crippen LogP contribution in [-0.2, 0) is 0 Å². The fraction of sp³-hybridized carbons (Fsp3) is 0. The largest absolute Gasteiger partial charge is 0.455 e. The lowest BCUT2D eigenvalue weighted by atomic mass is 10.0. The van der Waals surface area contributed by atoms with E-state index in [1.165, 1.54) is 30.9 Å². The molecule has 0 saturated carbocycles. The summed E-state index contributed by atoms with van der Waals surface area (Å²) in [5.41, 5.74) is 10.1. The molecule has 4 nitrogen and oxygen atoms in total. The summed E-state index contributed by atoms with van der Waals surface area (Å²) in [5, 5.41) is 7.18. The second-order valence-electron chi connectivity index (χ2n) is 12.9. The molecular formula is C46H27N3OS. The average Bonchev–Trinajstić information content (AvgIpc) is 3.88. The Labute approximate surface area is 296 Å². The number of fused-ring (bicyclic) bond motifs is 12. The molecule has 0 aliphatic carbocycles. The number of nitrogens with zero attached hydrogens (tertiary/aromatic N) is 3. The normalized spacial score (nSPS) is 11.9. The minimum Gasteiger partial charge on any atom is -0.455 e. The van der Waals surface area contributed by atoms with E-state index < -0.39 is 0 Å². The third-order valence-corrected chi connectivity index (χ3v) is 11.2. The summed E-state index contributed by atoms with van der Waals surface area (Å²) in [6, 6.07) is 57.3. The van der Waals surface area contributed by atoms with Crippen molar-refractivity contribution in [1.29, 1.82) is 0 Å². The van der Waals surface area contributed by atoms with Crippen molar-refractivity contribution in [2.75, 3.05) is 0 Å². The SMILES string of the molecule is c1ccc(-c2cc(-c3ccccc3)nc(-c3ccc(-n4c5ccccc5c5c6oc7ccccc7c6c6sc7ccccc7c6c54)cc3)n2)cc1. The van der Waals surface area contributed by atoms with Gasteiger partial charge in [0, 0.05) is 58.7 Å². The highest BCUT2D eigenvalue weighted by Crippen LogP contribution is 2.50. The van der Waals surface area contributed by atoms with Gasteiger partial charge >= 0.3 is 0 Å².